The first-order chi connectivity index (χ1) is 25.3. The molecule has 14 heteroatoms. The Morgan fingerprint density at radius 1 is 0.906 bits per heavy atom. The minimum Gasteiger partial charge on any atom is -0.444 e. The fraction of sp³-hybridized carbons (Fsp3) is 0.282. The van der Waals surface area contributed by atoms with E-state index in [2.05, 4.69) is 20.6 Å². The van der Waals surface area contributed by atoms with E-state index in [9.17, 15) is 28.0 Å². The van der Waals surface area contributed by atoms with Gasteiger partial charge in [0.15, 0.2) is 5.65 Å². The molecule has 0 radical (unpaired) electrons. The first-order valence-corrected chi connectivity index (χ1v) is 17.3. The number of rotatable bonds is 7. The Labute approximate surface area is 302 Å². The average molecular weight is 722 g/mol. The second kappa shape index (κ2) is 14.1. The van der Waals surface area contributed by atoms with Gasteiger partial charge in [-0.05, 0) is 93.5 Å². The van der Waals surface area contributed by atoms with E-state index < -0.39 is 46.5 Å². The molecule has 4 aromatic heterocycles. The van der Waals surface area contributed by atoms with Crippen molar-refractivity contribution in [1.29, 1.82) is 0 Å². The Balaban J connectivity index is 1.12. The zero-order valence-corrected chi connectivity index (χ0v) is 29.3. The molecule has 53 heavy (non-hydrogen) atoms. The molecule has 0 aliphatic heterocycles. The number of halogens is 2. The molecule has 0 bridgehead atoms. The lowest BCUT2D eigenvalue weighted by molar-refractivity contribution is 0.0523. The molecule has 2 aromatic carbocycles. The van der Waals surface area contributed by atoms with Crippen molar-refractivity contribution in [2.45, 2.75) is 70.7 Å². The molecule has 1 saturated carbocycles. The third-order valence-corrected chi connectivity index (χ3v) is 9.16. The highest BCUT2D eigenvalue weighted by atomic mass is 19.1. The molecule has 7 rings (SSSR count). The molecule has 1 fully saturated rings. The number of imidazole rings is 1. The van der Waals surface area contributed by atoms with E-state index in [0.717, 1.165) is 29.0 Å². The van der Waals surface area contributed by atoms with Gasteiger partial charge in [0.05, 0.1) is 17.3 Å². The molecule has 6 aromatic rings. The van der Waals surface area contributed by atoms with Crippen LogP contribution < -0.4 is 21.9 Å². The maximum absolute atomic E-state index is 14.5. The summed E-state index contributed by atoms with van der Waals surface area (Å²) in [5.74, 6) is -1.56. The van der Waals surface area contributed by atoms with Gasteiger partial charge in [0, 0.05) is 31.0 Å². The topological polar surface area (TPSA) is 142 Å². The van der Waals surface area contributed by atoms with E-state index >= 15 is 0 Å². The molecular formula is C39H37F2N7O5. The highest BCUT2D eigenvalue weighted by Gasteiger charge is 2.29. The van der Waals surface area contributed by atoms with Crippen LogP contribution in [-0.2, 0) is 11.3 Å². The SMILES string of the molecule is CC(C)(C)OC(=O)NCc1ccc(-c2cccc(-n3c(=O)n(C4CCC(NC(=O)c5cn6cc(F)ccc6n5)CC4)c(=O)c4cc(F)cnc43)c2)cc1. The van der Waals surface area contributed by atoms with Crippen LogP contribution in [0.25, 0.3) is 33.5 Å². The first-order valence-electron chi connectivity index (χ1n) is 17.3. The third-order valence-electron chi connectivity index (χ3n) is 9.16. The summed E-state index contributed by atoms with van der Waals surface area (Å²) in [6, 6.07) is 17.8. The van der Waals surface area contributed by atoms with Gasteiger partial charge in [0.25, 0.3) is 11.5 Å². The molecule has 272 valence electrons. The van der Waals surface area contributed by atoms with Crippen molar-refractivity contribution in [3.05, 3.63) is 129 Å². The fourth-order valence-electron chi connectivity index (χ4n) is 6.68. The number of carbonyl (C=O) groups excluding carboxylic acids is 2. The summed E-state index contributed by atoms with van der Waals surface area (Å²) >= 11 is 0. The number of nitrogens with zero attached hydrogens (tertiary/aromatic N) is 5. The van der Waals surface area contributed by atoms with Crippen molar-refractivity contribution >= 4 is 28.7 Å². The van der Waals surface area contributed by atoms with Crippen molar-refractivity contribution in [1.82, 2.24) is 34.1 Å². The Morgan fingerprint density at radius 2 is 1.66 bits per heavy atom. The smallest absolute Gasteiger partial charge is 0.407 e. The molecular weight excluding hydrogens is 684 g/mol. The zero-order valence-electron chi connectivity index (χ0n) is 29.3. The van der Waals surface area contributed by atoms with E-state index in [-0.39, 0.29) is 29.3 Å². The number of fused-ring (bicyclic) bond motifs is 2. The van der Waals surface area contributed by atoms with Crippen LogP contribution in [0.3, 0.4) is 0 Å². The van der Waals surface area contributed by atoms with Gasteiger partial charge in [-0.1, -0.05) is 36.4 Å². The van der Waals surface area contributed by atoms with Crippen LogP contribution in [0.1, 0.15) is 68.5 Å². The number of aromatic nitrogens is 5. The summed E-state index contributed by atoms with van der Waals surface area (Å²) in [6.07, 6.45) is 4.91. The molecule has 1 aliphatic rings. The van der Waals surface area contributed by atoms with E-state index in [0.29, 0.717) is 37.0 Å². The van der Waals surface area contributed by atoms with Gasteiger partial charge in [-0.25, -0.2) is 32.9 Å². The maximum atomic E-state index is 14.5. The normalized spacial score (nSPS) is 16.1. The van der Waals surface area contributed by atoms with Crippen LogP contribution in [-0.4, -0.2) is 47.1 Å². The number of hydrogen-bond acceptors (Lipinski definition) is 7. The van der Waals surface area contributed by atoms with Gasteiger partial charge in [-0.3, -0.25) is 14.2 Å². The van der Waals surface area contributed by atoms with Crippen LogP contribution in [0.5, 0.6) is 0 Å². The molecule has 2 N–H and O–H groups in total. The minimum absolute atomic E-state index is 0.0319. The molecule has 0 atom stereocenters. The Hall–Kier alpha value is -6.18. The molecule has 12 nitrogen and oxygen atoms in total. The van der Waals surface area contributed by atoms with Gasteiger partial charge in [-0.2, -0.15) is 0 Å². The average Bonchev–Trinajstić information content (AvgIpc) is 3.55. The van der Waals surface area contributed by atoms with E-state index in [4.69, 9.17) is 4.74 Å². The Bertz CT molecular complexity index is 2480. The summed E-state index contributed by atoms with van der Waals surface area (Å²) in [6.45, 7) is 5.66. The Morgan fingerprint density at radius 3 is 2.40 bits per heavy atom. The summed E-state index contributed by atoms with van der Waals surface area (Å²) in [5, 5.41) is 5.68. The maximum Gasteiger partial charge on any atom is 0.407 e. The molecule has 2 amide bonds. The summed E-state index contributed by atoms with van der Waals surface area (Å²) in [5.41, 5.74) is 1.69. The third kappa shape index (κ3) is 7.57. The van der Waals surface area contributed by atoms with E-state index in [1.807, 2.05) is 30.3 Å². The van der Waals surface area contributed by atoms with Crippen LogP contribution in [0.2, 0.25) is 0 Å². The number of ether oxygens (including phenoxy) is 1. The molecule has 0 unspecified atom stereocenters. The number of amides is 2. The molecule has 0 spiro atoms. The fourth-order valence-corrected chi connectivity index (χ4v) is 6.68. The van der Waals surface area contributed by atoms with Crippen LogP contribution in [0.15, 0.2) is 94.9 Å². The summed E-state index contributed by atoms with van der Waals surface area (Å²) in [7, 11) is 0. The molecule has 4 heterocycles. The predicted octanol–water partition coefficient (Wildman–Crippen LogP) is 6.08. The standard InChI is InChI=1S/C39H37F2N7O5/c1-39(2,3)53-37(51)43-19-23-7-9-24(10-8-23)25-5-4-6-30(17-25)47-34-31(18-27(41)20-42-34)36(50)48(38(47)52)29-14-12-28(13-15-29)44-35(49)32-22-46-21-26(40)11-16-33(46)45-32/h4-11,16-18,20-22,28-29H,12-15,19H2,1-3H3,(H,43,51)(H,44,49). The van der Waals surface area contributed by atoms with E-state index in [1.54, 1.807) is 39.0 Å². The molecule has 0 saturated heterocycles. The largest absolute Gasteiger partial charge is 0.444 e. The van der Waals surface area contributed by atoms with Gasteiger partial charge in [0.2, 0.25) is 0 Å². The van der Waals surface area contributed by atoms with Crippen LogP contribution in [0, 0.1) is 11.6 Å². The van der Waals surface area contributed by atoms with Gasteiger partial charge < -0.3 is 19.8 Å². The number of benzene rings is 2. The van der Waals surface area contributed by atoms with Crippen LogP contribution >= 0.6 is 0 Å². The van der Waals surface area contributed by atoms with Crippen molar-refractivity contribution in [3.63, 3.8) is 0 Å². The van der Waals surface area contributed by atoms with Gasteiger partial charge in [-0.15, -0.1) is 0 Å². The lowest BCUT2D eigenvalue weighted by Gasteiger charge is -2.30. The quantitative estimate of drug-likeness (QED) is 0.204. The lowest BCUT2D eigenvalue weighted by atomic mass is 9.90. The van der Waals surface area contributed by atoms with Crippen molar-refractivity contribution < 1.29 is 23.1 Å². The number of nitrogens with one attached hydrogen (secondary N) is 2. The number of alkyl carbamates (subject to hydrolysis) is 1. The number of pyridine rings is 2. The second-order valence-electron chi connectivity index (χ2n) is 14.1. The van der Waals surface area contributed by atoms with Crippen molar-refractivity contribution in [2.75, 3.05) is 0 Å². The highest BCUT2D eigenvalue weighted by molar-refractivity contribution is 5.93. The van der Waals surface area contributed by atoms with Crippen molar-refractivity contribution in [2.24, 2.45) is 0 Å². The van der Waals surface area contributed by atoms with E-state index in [1.165, 1.54) is 38.1 Å². The zero-order chi connectivity index (χ0) is 37.4. The number of hydrogen-bond donors (Lipinski definition) is 2. The number of carbonyl (C=O) groups is 2. The van der Waals surface area contributed by atoms with Crippen molar-refractivity contribution in [3.8, 4) is 16.8 Å². The first kappa shape index (κ1) is 35.2. The monoisotopic (exact) mass is 721 g/mol. The summed E-state index contributed by atoms with van der Waals surface area (Å²) in [4.78, 5) is 61.6. The van der Waals surface area contributed by atoms with Gasteiger partial charge in [0.1, 0.15) is 28.6 Å². The van der Waals surface area contributed by atoms with Gasteiger partial charge >= 0.3 is 11.8 Å². The highest BCUT2D eigenvalue weighted by Crippen LogP contribution is 2.29. The minimum atomic E-state index is -0.706. The second-order valence-corrected chi connectivity index (χ2v) is 14.1. The summed E-state index contributed by atoms with van der Waals surface area (Å²) < 4.78 is 37.4. The predicted molar refractivity (Wildman–Crippen MR) is 194 cm³/mol. The Kier molecular flexibility index (Phi) is 9.37. The lowest BCUT2D eigenvalue weighted by Crippen LogP contribution is -2.45. The molecule has 1 aliphatic carbocycles. The van der Waals surface area contributed by atoms with Crippen LogP contribution in [0.4, 0.5) is 13.6 Å².